The summed E-state index contributed by atoms with van der Waals surface area (Å²) in [5.74, 6) is 4.95. The fraction of sp³-hybridized carbons (Fsp3) is 0.273. The second-order valence-corrected chi connectivity index (χ2v) is 4.77. The summed E-state index contributed by atoms with van der Waals surface area (Å²) in [6, 6.07) is 7.76. The number of thioether (sulfide) groups is 1. The second-order valence-electron chi connectivity index (χ2n) is 3.58. The number of hydrogen-bond acceptors (Lipinski definition) is 4. The van der Waals surface area contributed by atoms with Crippen LogP contribution in [0, 0.1) is 0 Å². The molecule has 0 aliphatic carbocycles. The molecule has 1 unspecified atom stereocenters. The Labute approximate surface area is 103 Å². The van der Waals surface area contributed by atoms with Gasteiger partial charge < -0.3 is 4.98 Å². The Balaban J connectivity index is 2.19. The van der Waals surface area contributed by atoms with Crippen molar-refractivity contribution in [3.63, 3.8) is 0 Å². The first-order chi connectivity index (χ1) is 8.24. The number of aromatic nitrogens is 2. The van der Waals surface area contributed by atoms with Gasteiger partial charge in [0, 0.05) is 0 Å². The van der Waals surface area contributed by atoms with Crippen LogP contribution in [0.25, 0.3) is 11.0 Å². The third-order valence-electron chi connectivity index (χ3n) is 2.43. The van der Waals surface area contributed by atoms with Crippen LogP contribution >= 0.6 is 11.8 Å². The van der Waals surface area contributed by atoms with Gasteiger partial charge in [-0.2, -0.15) is 0 Å². The summed E-state index contributed by atoms with van der Waals surface area (Å²) in [7, 11) is 0. The lowest BCUT2D eigenvalue weighted by Crippen LogP contribution is -2.37. The minimum absolute atomic E-state index is 0.182. The fourth-order valence-electron chi connectivity index (χ4n) is 1.54. The zero-order valence-corrected chi connectivity index (χ0v) is 10.3. The number of nitrogens with zero attached hydrogens (tertiary/aromatic N) is 1. The van der Waals surface area contributed by atoms with Crippen LogP contribution in [0.5, 0.6) is 0 Å². The van der Waals surface area contributed by atoms with Crippen molar-refractivity contribution in [2.24, 2.45) is 5.84 Å². The Morgan fingerprint density at radius 2 is 2.35 bits per heavy atom. The molecule has 1 aromatic heterocycles. The predicted molar refractivity (Wildman–Crippen MR) is 68.4 cm³/mol. The van der Waals surface area contributed by atoms with E-state index in [0.29, 0.717) is 6.42 Å². The van der Waals surface area contributed by atoms with Crippen LogP contribution in [0.2, 0.25) is 0 Å². The number of hydrogen-bond donors (Lipinski definition) is 3. The number of rotatable bonds is 4. The minimum Gasteiger partial charge on any atom is -0.333 e. The number of benzene rings is 1. The summed E-state index contributed by atoms with van der Waals surface area (Å²) in [6.07, 6.45) is 0.699. The van der Waals surface area contributed by atoms with Crippen molar-refractivity contribution >= 4 is 28.7 Å². The van der Waals surface area contributed by atoms with Crippen LogP contribution in [0.15, 0.2) is 29.4 Å². The zero-order valence-electron chi connectivity index (χ0n) is 9.43. The van der Waals surface area contributed by atoms with Crippen molar-refractivity contribution in [3.05, 3.63) is 24.3 Å². The lowest BCUT2D eigenvalue weighted by atomic mass is 10.3. The maximum absolute atomic E-state index is 11.5. The van der Waals surface area contributed by atoms with E-state index in [1.54, 1.807) is 0 Å². The molecule has 90 valence electrons. The predicted octanol–water partition coefficient (Wildman–Crippen LogP) is 1.42. The third kappa shape index (κ3) is 2.59. The Hall–Kier alpha value is -1.53. The molecule has 0 radical (unpaired) electrons. The number of carbonyl (C=O) groups excluding carboxylic acids is 1. The van der Waals surface area contributed by atoms with Crippen LogP contribution in [-0.2, 0) is 4.79 Å². The number of para-hydroxylation sites is 2. The molecule has 4 N–H and O–H groups in total. The van der Waals surface area contributed by atoms with E-state index in [4.69, 9.17) is 5.84 Å². The van der Waals surface area contributed by atoms with Crippen molar-refractivity contribution in [1.29, 1.82) is 0 Å². The van der Waals surface area contributed by atoms with E-state index in [1.165, 1.54) is 11.8 Å². The Bertz CT molecular complexity index is 492. The highest BCUT2D eigenvalue weighted by Gasteiger charge is 2.18. The summed E-state index contributed by atoms with van der Waals surface area (Å²) in [5.41, 5.74) is 4.04. The van der Waals surface area contributed by atoms with Gasteiger partial charge in [-0.3, -0.25) is 10.2 Å². The van der Waals surface area contributed by atoms with Gasteiger partial charge in [-0.25, -0.2) is 10.8 Å². The van der Waals surface area contributed by atoms with Crippen LogP contribution in [-0.4, -0.2) is 21.1 Å². The Morgan fingerprint density at radius 3 is 3.00 bits per heavy atom. The molecule has 17 heavy (non-hydrogen) atoms. The van der Waals surface area contributed by atoms with E-state index in [9.17, 15) is 4.79 Å². The molecule has 2 aromatic rings. The van der Waals surface area contributed by atoms with Gasteiger partial charge in [-0.15, -0.1) is 0 Å². The molecule has 1 atom stereocenters. The van der Waals surface area contributed by atoms with Crippen LogP contribution in [0.3, 0.4) is 0 Å². The Morgan fingerprint density at radius 1 is 1.59 bits per heavy atom. The molecule has 1 amide bonds. The highest BCUT2D eigenvalue weighted by Crippen LogP contribution is 2.25. The largest absolute Gasteiger partial charge is 0.333 e. The quantitative estimate of drug-likeness (QED) is 0.332. The molecule has 0 aliphatic heterocycles. The summed E-state index contributed by atoms with van der Waals surface area (Å²) in [6.45, 7) is 1.94. The number of H-pyrrole nitrogens is 1. The summed E-state index contributed by atoms with van der Waals surface area (Å²) in [4.78, 5) is 19.0. The van der Waals surface area contributed by atoms with Gasteiger partial charge in [0.15, 0.2) is 5.16 Å². The number of nitrogens with one attached hydrogen (secondary N) is 2. The van der Waals surface area contributed by atoms with E-state index < -0.39 is 0 Å². The molecule has 6 heteroatoms. The monoisotopic (exact) mass is 250 g/mol. The summed E-state index contributed by atoms with van der Waals surface area (Å²) in [5, 5.41) is 0.516. The minimum atomic E-state index is -0.222. The number of fused-ring (bicyclic) bond motifs is 1. The van der Waals surface area contributed by atoms with Crippen molar-refractivity contribution in [2.45, 2.75) is 23.8 Å². The first kappa shape index (κ1) is 11.9. The maximum Gasteiger partial charge on any atom is 0.247 e. The molecular weight excluding hydrogens is 236 g/mol. The van der Waals surface area contributed by atoms with Crippen LogP contribution < -0.4 is 11.3 Å². The SMILES string of the molecule is CCC(Sc1nc2ccccc2[nH]1)C(=O)NN. The van der Waals surface area contributed by atoms with Gasteiger partial charge in [0.05, 0.1) is 16.3 Å². The van der Waals surface area contributed by atoms with E-state index in [1.807, 2.05) is 31.2 Å². The number of aromatic amines is 1. The van der Waals surface area contributed by atoms with Gasteiger partial charge in [0.2, 0.25) is 5.91 Å². The van der Waals surface area contributed by atoms with Crippen molar-refractivity contribution in [3.8, 4) is 0 Å². The summed E-state index contributed by atoms with van der Waals surface area (Å²) >= 11 is 1.39. The first-order valence-electron chi connectivity index (χ1n) is 5.36. The zero-order chi connectivity index (χ0) is 12.3. The molecular formula is C11H14N4OS. The lowest BCUT2D eigenvalue weighted by molar-refractivity contribution is -0.120. The molecule has 5 nitrogen and oxygen atoms in total. The molecule has 1 heterocycles. The van der Waals surface area contributed by atoms with E-state index in [0.717, 1.165) is 16.2 Å². The van der Waals surface area contributed by atoms with Crippen molar-refractivity contribution in [2.75, 3.05) is 0 Å². The topological polar surface area (TPSA) is 83.8 Å². The van der Waals surface area contributed by atoms with Gasteiger partial charge in [0.1, 0.15) is 0 Å². The molecule has 0 saturated heterocycles. The molecule has 0 bridgehead atoms. The normalized spacial score (nSPS) is 12.6. The van der Waals surface area contributed by atoms with Gasteiger partial charge >= 0.3 is 0 Å². The van der Waals surface area contributed by atoms with E-state index in [2.05, 4.69) is 15.4 Å². The number of nitrogens with two attached hydrogens (primary N) is 1. The van der Waals surface area contributed by atoms with Crippen LogP contribution in [0.4, 0.5) is 0 Å². The maximum atomic E-state index is 11.5. The van der Waals surface area contributed by atoms with E-state index in [-0.39, 0.29) is 11.2 Å². The molecule has 0 spiro atoms. The average molecular weight is 250 g/mol. The Kier molecular flexibility index (Phi) is 3.65. The average Bonchev–Trinajstić information content (AvgIpc) is 2.77. The van der Waals surface area contributed by atoms with Gasteiger partial charge in [0.25, 0.3) is 0 Å². The van der Waals surface area contributed by atoms with E-state index >= 15 is 0 Å². The third-order valence-corrected chi connectivity index (χ3v) is 3.68. The molecule has 0 saturated carbocycles. The highest BCUT2D eigenvalue weighted by molar-refractivity contribution is 8.00. The molecule has 0 aliphatic rings. The first-order valence-corrected chi connectivity index (χ1v) is 6.24. The number of imidazole rings is 1. The van der Waals surface area contributed by atoms with Gasteiger partial charge in [-0.05, 0) is 18.6 Å². The second kappa shape index (κ2) is 5.20. The fourth-order valence-corrected chi connectivity index (χ4v) is 2.47. The van der Waals surface area contributed by atoms with Crippen molar-refractivity contribution in [1.82, 2.24) is 15.4 Å². The molecule has 1 aromatic carbocycles. The van der Waals surface area contributed by atoms with Gasteiger partial charge in [-0.1, -0.05) is 30.8 Å². The molecule has 0 fully saturated rings. The molecule has 2 rings (SSSR count). The summed E-state index contributed by atoms with van der Waals surface area (Å²) < 4.78 is 0. The number of hydrazine groups is 1. The number of amides is 1. The van der Waals surface area contributed by atoms with Crippen LogP contribution in [0.1, 0.15) is 13.3 Å². The lowest BCUT2D eigenvalue weighted by Gasteiger charge is -2.09. The standard InChI is InChI=1S/C11H14N4OS/c1-2-9(10(16)15-12)17-11-13-7-5-3-4-6-8(7)14-11/h3-6,9H,2,12H2,1H3,(H,13,14)(H,15,16). The smallest absolute Gasteiger partial charge is 0.247 e. The highest BCUT2D eigenvalue weighted by atomic mass is 32.2. The van der Waals surface area contributed by atoms with Crippen molar-refractivity contribution < 1.29 is 4.79 Å². The number of carbonyl (C=O) groups is 1.